The van der Waals surface area contributed by atoms with Gasteiger partial charge in [-0.15, -0.1) is 12.4 Å². The van der Waals surface area contributed by atoms with Crippen LogP contribution in [-0.2, 0) is 16.0 Å². The molecule has 0 fully saturated rings. The average molecular weight is 362 g/mol. The molecule has 4 N–H and O–H groups in total. The summed E-state index contributed by atoms with van der Waals surface area (Å²) >= 11 is 0. The quantitative estimate of drug-likeness (QED) is 0.739. The van der Waals surface area contributed by atoms with Crippen LogP contribution in [0.1, 0.15) is 31.0 Å². The van der Waals surface area contributed by atoms with Gasteiger partial charge in [0.05, 0.1) is 12.1 Å². The average Bonchev–Trinajstić information content (AvgIpc) is 2.55. The molecular weight excluding hydrogens is 338 g/mol. The Hall–Kier alpha value is -2.37. The Morgan fingerprint density at radius 3 is 2.40 bits per heavy atom. The fraction of sp³-hybridized carbons (Fsp3) is 0.263. The maximum atomic E-state index is 12.3. The van der Waals surface area contributed by atoms with Crippen LogP contribution in [0.2, 0.25) is 0 Å². The van der Waals surface area contributed by atoms with Crippen LogP contribution in [0, 0.1) is 0 Å². The van der Waals surface area contributed by atoms with E-state index < -0.39 is 6.04 Å². The lowest BCUT2D eigenvalue weighted by molar-refractivity contribution is -0.123. The lowest BCUT2D eigenvalue weighted by atomic mass is 10.0. The van der Waals surface area contributed by atoms with Gasteiger partial charge in [-0.3, -0.25) is 9.59 Å². The van der Waals surface area contributed by atoms with E-state index in [9.17, 15) is 9.59 Å². The van der Waals surface area contributed by atoms with E-state index in [1.54, 1.807) is 6.07 Å². The van der Waals surface area contributed by atoms with Crippen LogP contribution in [0.5, 0.6) is 0 Å². The van der Waals surface area contributed by atoms with Gasteiger partial charge in [-0.25, -0.2) is 0 Å². The maximum absolute atomic E-state index is 12.3. The summed E-state index contributed by atoms with van der Waals surface area (Å²) in [6.45, 7) is 3.35. The number of halogens is 1. The SMILES string of the molecule is CC(=O)Nc1cccc(C(C)NC(=O)[C@@H](N)Cc2ccccc2)c1.Cl. The Morgan fingerprint density at radius 2 is 1.76 bits per heavy atom. The van der Waals surface area contributed by atoms with Crippen LogP contribution >= 0.6 is 12.4 Å². The number of nitrogens with one attached hydrogen (secondary N) is 2. The zero-order valence-electron chi connectivity index (χ0n) is 14.4. The van der Waals surface area contributed by atoms with Gasteiger partial charge in [0.2, 0.25) is 11.8 Å². The van der Waals surface area contributed by atoms with Crippen LogP contribution in [0.15, 0.2) is 54.6 Å². The van der Waals surface area contributed by atoms with Crippen molar-refractivity contribution >= 4 is 29.9 Å². The first-order valence-electron chi connectivity index (χ1n) is 7.93. The van der Waals surface area contributed by atoms with E-state index in [-0.39, 0.29) is 30.3 Å². The fourth-order valence-electron chi connectivity index (χ4n) is 2.45. The molecule has 6 heteroatoms. The van der Waals surface area contributed by atoms with Crippen molar-refractivity contribution in [2.24, 2.45) is 5.73 Å². The maximum Gasteiger partial charge on any atom is 0.237 e. The van der Waals surface area contributed by atoms with Gasteiger partial charge in [0.1, 0.15) is 0 Å². The predicted octanol–water partition coefficient (Wildman–Crippen LogP) is 2.81. The molecule has 0 saturated heterocycles. The summed E-state index contributed by atoms with van der Waals surface area (Å²) < 4.78 is 0. The molecule has 134 valence electrons. The number of carbonyl (C=O) groups excluding carboxylic acids is 2. The molecule has 0 bridgehead atoms. The normalized spacial score (nSPS) is 12.4. The Balaban J connectivity index is 0.00000312. The Bertz CT molecular complexity index is 707. The highest BCUT2D eigenvalue weighted by molar-refractivity contribution is 5.88. The van der Waals surface area contributed by atoms with Crippen molar-refractivity contribution in [3.8, 4) is 0 Å². The van der Waals surface area contributed by atoms with Gasteiger partial charge in [-0.05, 0) is 36.6 Å². The summed E-state index contributed by atoms with van der Waals surface area (Å²) in [4.78, 5) is 23.4. The zero-order valence-corrected chi connectivity index (χ0v) is 15.2. The number of anilines is 1. The smallest absolute Gasteiger partial charge is 0.237 e. The Labute approximate surface area is 154 Å². The van der Waals surface area contributed by atoms with Crippen LogP contribution < -0.4 is 16.4 Å². The Morgan fingerprint density at radius 1 is 1.08 bits per heavy atom. The van der Waals surface area contributed by atoms with Gasteiger partial charge in [-0.1, -0.05) is 42.5 Å². The highest BCUT2D eigenvalue weighted by Gasteiger charge is 2.17. The summed E-state index contributed by atoms with van der Waals surface area (Å²) in [7, 11) is 0. The standard InChI is InChI=1S/C19H23N3O2.ClH/c1-13(16-9-6-10-17(12-16)22-14(2)23)21-19(24)18(20)11-15-7-4-3-5-8-15;/h3-10,12-13,18H,11,20H2,1-2H3,(H,21,24)(H,22,23);1H/t13?,18-;/m0./s1. The second-order valence-corrected chi connectivity index (χ2v) is 5.83. The first kappa shape index (κ1) is 20.7. The summed E-state index contributed by atoms with van der Waals surface area (Å²) in [6.07, 6.45) is 0.491. The molecule has 2 rings (SSSR count). The number of rotatable bonds is 6. The first-order chi connectivity index (χ1) is 11.5. The van der Waals surface area contributed by atoms with Gasteiger partial charge in [0.25, 0.3) is 0 Å². The summed E-state index contributed by atoms with van der Waals surface area (Å²) in [6, 6.07) is 16.3. The number of nitrogens with two attached hydrogens (primary N) is 1. The van der Waals surface area contributed by atoms with Crippen molar-refractivity contribution in [3.05, 3.63) is 65.7 Å². The van der Waals surface area contributed by atoms with E-state index >= 15 is 0 Å². The zero-order chi connectivity index (χ0) is 17.5. The molecule has 0 spiro atoms. The van der Waals surface area contributed by atoms with Crippen molar-refractivity contribution in [3.63, 3.8) is 0 Å². The monoisotopic (exact) mass is 361 g/mol. The van der Waals surface area contributed by atoms with Crippen molar-refractivity contribution < 1.29 is 9.59 Å². The molecule has 2 amide bonds. The van der Waals surface area contributed by atoms with Crippen LogP contribution in [0.25, 0.3) is 0 Å². The first-order valence-corrected chi connectivity index (χ1v) is 7.93. The van der Waals surface area contributed by atoms with E-state index in [0.717, 1.165) is 11.1 Å². The summed E-state index contributed by atoms with van der Waals surface area (Å²) in [5.41, 5.74) is 8.64. The molecule has 2 atom stereocenters. The molecule has 2 aromatic carbocycles. The number of hydrogen-bond acceptors (Lipinski definition) is 3. The second kappa shape index (κ2) is 9.81. The number of amides is 2. The topological polar surface area (TPSA) is 84.2 Å². The molecule has 1 unspecified atom stereocenters. The number of hydrogen-bond donors (Lipinski definition) is 3. The van der Waals surface area contributed by atoms with E-state index in [4.69, 9.17) is 5.73 Å². The van der Waals surface area contributed by atoms with E-state index in [0.29, 0.717) is 12.1 Å². The molecule has 0 radical (unpaired) electrons. The molecule has 0 aliphatic carbocycles. The third kappa shape index (κ3) is 6.57. The molecule has 0 aliphatic rings. The predicted molar refractivity (Wildman–Crippen MR) is 103 cm³/mol. The van der Waals surface area contributed by atoms with E-state index in [1.807, 2.05) is 55.5 Å². The van der Waals surface area contributed by atoms with Gasteiger partial charge in [0, 0.05) is 12.6 Å². The minimum Gasteiger partial charge on any atom is -0.348 e. The molecule has 5 nitrogen and oxygen atoms in total. The van der Waals surface area contributed by atoms with Gasteiger partial charge in [0.15, 0.2) is 0 Å². The van der Waals surface area contributed by atoms with Crippen LogP contribution in [0.3, 0.4) is 0 Å². The van der Waals surface area contributed by atoms with E-state index in [2.05, 4.69) is 10.6 Å². The molecule has 25 heavy (non-hydrogen) atoms. The highest BCUT2D eigenvalue weighted by Crippen LogP contribution is 2.17. The van der Waals surface area contributed by atoms with Gasteiger partial charge >= 0.3 is 0 Å². The third-order valence-electron chi connectivity index (χ3n) is 3.70. The molecule has 0 saturated carbocycles. The van der Waals surface area contributed by atoms with Crippen molar-refractivity contribution in [2.45, 2.75) is 32.4 Å². The number of carbonyl (C=O) groups is 2. The molecule has 0 heterocycles. The van der Waals surface area contributed by atoms with Crippen LogP contribution in [0.4, 0.5) is 5.69 Å². The fourth-order valence-corrected chi connectivity index (χ4v) is 2.45. The molecule has 0 aliphatic heterocycles. The minimum absolute atomic E-state index is 0. The lowest BCUT2D eigenvalue weighted by Gasteiger charge is -2.18. The Kier molecular flexibility index (Phi) is 8.11. The van der Waals surface area contributed by atoms with Crippen molar-refractivity contribution in [1.29, 1.82) is 0 Å². The van der Waals surface area contributed by atoms with Crippen LogP contribution in [-0.4, -0.2) is 17.9 Å². The van der Waals surface area contributed by atoms with Gasteiger partial charge in [-0.2, -0.15) is 0 Å². The lowest BCUT2D eigenvalue weighted by Crippen LogP contribution is -2.42. The minimum atomic E-state index is -0.603. The van der Waals surface area contributed by atoms with Gasteiger partial charge < -0.3 is 16.4 Å². The second-order valence-electron chi connectivity index (χ2n) is 5.83. The summed E-state index contributed by atoms with van der Waals surface area (Å²) in [5.74, 6) is -0.329. The van der Waals surface area contributed by atoms with Crippen molar-refractivity contribution in [2.75, 3.05) is 5.32 Å². The molecule has 0 aromatic heterocycles. The molecular formula is C19H24ClN3O2. The van der Waals surface area contributed by atoms with E-state index in [1.165, 1.54) is 6.92 Å². The highest BCUT2D eigenvalue weighted by atomic mass is 35.5. The van der Waals surface area contributed by atoms with Crippen molar-refractivity contribution in [1.82, 2.24) is 5.32 Å². The largest absolute Gasteiger partial charge is 0.348 e. The third-order valence-corrected chi connectivity index (χ3v) is 3.70. The summed E-state index contributed by atoms with van der Waals surface area (Å²) in [5, 5.41) is 5.65. The molecule has 2 aromatic rings. The number of benzene rings is 2.